The topological polar surface area (TPSA) is 102 Å². The molecule has 2 aromatic carbocycles. The van der Waals surface area contributed by atoms with Crippen molar-refractivity contribution in [2.24, 2.45) is 0 Å². The van der Waals surface area contributed by atoms with Crippen molar-refractivity contribution in [1.82, 2.24) is 0 Å². The van der Waals surface area contributed by atoms with Gasteiger partial charge in [0.1, 0.15) is 5.75 Å². The van der Waals surface area contributed by atoms with E-state index in [2.05, 4.69) is 0 Å². The molecule has 8 heteroatoms. The number of carbonyl (C=O) groups excluding carboxylic acids is 2. The van der Waals surface area contributed by atoms with E-state index < -0.39 is 30.4 Å². The molecular weight excluding hydrogens is 291 g/mol. The molecular formula is C14H5BO7. The van der Waals surface area contributed by atoms with Gasteiger partial charge in [0.05, 0.1) is 16.7 Å². The van der Waals surface area contributed by atoms with E-state index in [0.29, 0.717) is 0 Å². The highest BCUT2D eigenvalue weighted by atomic mass is 16.8. The lowest BCUT2D eigenvalue weighted by Crippen LogP contribution is -2.35. The monoisotopic (exact) mass is 296 g/mol. The molecule has 0 atom stereocenters. The van der Waals surface area contributed by atoms with E-state index >= 15 is 0 Å². The van der Waals surface area contributed by atoms with Crippen LogP contribution in [0.15, 0.2) is 18.2 Å². The molecule has 2 N–H and O–H groups in total. The van der Waals surface area contributed by atoms with Gasteiger partial charge in [0.25, 0.3) is 0 Å². The van der Waals surface area contributed by atoms with Crippen molar-refractivity contribution in [3.05, 3.63) is 40.5 Å². The number of rotatable bonds is 0. The summed E-state index contributed by atoms with van der Waals surface area (Å²) in [6.45, 7) is 0. The highest BCUT2D eigenvalue weighted by molar-refractivity contribution is 6.44. The maximum atomic E-state index is 12.8. The number of aromatic hydroxyl groups is 2. The molecule has 0 amide bonds. The fourth-order valence-electron chi connectivity index (χ4n) is 3.02. The quantitative estimate of drug-likeness (QED) is 0.471. The predicted octanol–water partition coefficient (Wildman–Crippen LogP) is 1.02. The van der Waals surface area contributed by atoms with Gasteiger partial charge >= 0.3 is 7.32 Å². The Hall–Kier alpha value is -3.16. The van der Waals surface area contributed by atoms with Crippen LogP contribution in [0.5, 0.6) is 28.7 Å². The van der Waals surface area contributed by atoms with Crippen LogP contribution in [-0.4, -0.2) is 29.1 Å². The van der Waals surface area contributed by atoms with Gasteiger partial charge in [-0.25, -0.2) is 0 Å². The molecule has 0 unspecified atom stereocenters. The minimum atomic E-state index is -1.20. The van der Waals surface area contributed by atoms with Crippen molar-refractivity contribution >= 4 is 18.9 Å². The van der Waals surface area contributed by atoms with Crippen LogP contribution in [0, 0.1) is 0 Å². The number of benzene rings is 2. The van der Waals surface area contributed by atoms with Gasteiger partial charge in [0.15, 0.2) is 23.0 Å². The second kappa shape index (κ2) is 3.36. The van der Waals surface area contributed by atoms with E-state index in [1.807, 2.05) is 0 Å². The number of hydrogen-bond donors (Lipinski definition) is 2. The number of phenolic OH excluding ortho intramolecular Hbond substituents is 2. The van der Waals surface area contributed by atoms with Gasteiger partial charge in [0, 0.05) is 5.56 Å². The van der Waals surface area contributed by atoms with Crippen LogP contribution in [0.25, 0.3) is 0 Å². The first-order valence-electron chi connectivity index (χ1n) is 6.42. The SMILES string of the molecule is O=C1c2cccc3c2C(=O)c2c4c(c(O)c(O)c21)OB(O3)O4. The highest BCUT2D eigenvalue weighted by Crippen LogP contribution is 2.55. The lowest BCUT2D eigenvalue weighted by Gasteiger charge is -2.23. The summed E-state index contributed by atoms with van der Waals surface area (Å²) in [5, 5.41) is 20.1. The third kappa shape index (κ3) is 1.07. The van der Waals surface area contributed by atoms with E-state index in [9.17, 15) is 19.8 Å². The van der Waals surface area contributed by atoms with Crippen molar-refractivity contribution in [2.45, 2.75) is 0 Å². The lowest BCUT2D eigenvalue weighted by molar-refractivity contribution is 0.0971. The largest absolute Gasteiger partial charge is 0.864 e. The number of ketones is 2. The Morgan fingerprint density at radius 3 is 2.41 bits per heavy atom. The van der Waals surface area contributed by atoms with Crippen LogP contribution < -0.4 is 14.0 Å². The van der Waals surface area contributed by atoms with Gasteiger partial charge in [-0.1, -0.05) is 12.1 Å². The molecule has 22 heavy (non-hydrogen) atoms. The molecule has 0 radical (unpaired) electrons. The molecule has 0 saturated carbocycles. The van der Waals surface area contributed by atoms with Gasteiger partial charge in [-0.15, -0.1) is 0 Å². The molecule has 3 aliphatic rings. The van der Waals surface area contributed by atoms with Crippen LogP contribution >= 0.6 is 0 Å². The average molecular weight is 296 g/mol. The molecule has 5 rings (SSSR count). The Balaban J connectivity index is 2.02. The van der Waals surface area contributed by atoms with Gasteiger partial charge in [0.2, 0.25) is 11.5 Å². The minimum absolute atomic E-state index is 0.0891. The van der Waals surface area contributed by atoms with Crippen molar-refractivity contribution in [2.75, 3.05) is 0 Å². The van der Waals surface area contributed by atoms with Crippen LogP contribution in [0.1, 0.15) is 31.8 Å². The van der Waals surface area contributed by atoms with Crippen molar-refractivity contribution in [3.63, 3.8) is 0 Å². The van der Waals surface area contributed by atoms with Gasteiger partial charge in [-0.05, 0) is 6.07 Å². The lowest BCUT2D eigenvalue weighted by atomic mass is 9.82. The van der Waals surface area contributed by atoms with Gasteiger partial charge < -0.3 is 24.2 Å². The number of phenols is 2. The summed E-state index contributed by atoms with van der Waals surface area (Å²) in [5.74, 6) is -2.60. The van der Waals surface area contributed by atoms with Crippen LogP contribution in [0.4, 0.5) is 0 Å². The third-order valence-electron chi connectivity index (χ3n) is 3.96. The molecule has 0 spiro atoms. The Morgan fingerprint density at radius 2 is 1.59 bits per heavy atom. The van der Waals surface area contributed by atoms with Gasteiger partial charge in [-0.3, -0.25) is 9.59 Å². The Kier molecular flexibility index (Phi) is 1.75. The Bertz CT molecular complexity index is 934. The first kappa shape index (κ1) is 11.5. The molecule has 0 saturated heterocycles. The molecule has 0 aromatic heterocycles. The normalized spacial score (nSPS) is 15.9. The smallest absolute Gasteiger partial charge is 0.504 e. The molecule has 2 aromatic rings. The summed E-state index contributed by atoms with van der Waals surface area (Å²) in [5.41, 5.74) is -0.180. The fraction of sp³-hybridized carbons (Fsp3) is 0. The molecule has 0 fully saturated rings. The molecule has 2 aliphatic heterocycles. The summed E-state index contributed by atoms with van der Waals surface area (Å²) < 4.78 is 16.1. The van der Waals surface area contributed by atoms with E-state index in [4.69, 9.17) is 14.0 Å². The molecule has 7 nitrogen and oxygen atoms in total. The second-order valence-electron chi connectivity index (χ2n) is 5.08. The average Bonchev–Trinajstić information content (AvgIpc) is 2.91. The zero-order chi connectivity index (χ0) is 15.2. The molecule has 106 valence electrons. The maximum Gasteiger partial charge on any atom is 0.864 e. The maximum absolute atomic E-state index is 12.8. The van der Waals surface area contributed by atoms with Crippen LogP contribution in [0.2, 0.25) is 0 Å². The summed E-state index contributed by atoms with van der Waals surface area (Å²) in [6, 6.07) is 4.53. The number of carbonyl (C=O) groups is 2. The zero-order valence-electron chi connectivity index (χ0n) is 10.7. The van der Waals surface area contributed by atoms with E-state index in [-0.39, 0.29) is 39.5 Å². The summed E-state index contributed by atoms with van der Waals surface area (Å²) in [4.78, 5) is 25.4. The van der Waals surface area contributed by atoms with Crippen molar-refractivity contribution in [3.8, 4) is 28.7 Å². The van der Waals surface area contributed by atoms with Crippen LogP contribution in [0.3, 0.4) is 0 Å². The van der Waals surface area contributed by atoms with Crippen LogP contribution in [-0.2, 0) is 0 Å². The summed E-state index contributed by atoms with van der Waals surface area (Å²) in [7, 11) is -1.20. The number of hydrogen-bond acceptors (Lipinski definition) is 7. The highest BCUT2D eigenvalue weighted by Gasteiger charge is 2.50. The van der Waals surface area contributed by atoms with E-state index in [0.717, 1.165) is 0 Å². The van der Waals surface area contributed by atoms with Crippen molar-refractivity contribution in [1.29, 1.82) is 0 Å². The second-order valence-corrected chi connectivity index (χ2v) is 5.08. The predicted molar refractivity (Wildman–Crippen MR) is 70.7 cm³/mol. The van der Waals surface area contributed by atoms with E-state index in [1.165, 1.54) is 12.1 Å². The zero-order valence-corrected chi connectivity index (χ0v) is 10.7. The summed E-state index contributed by atoms with van der Waals surface area (Å²) >= 11 is 0. The first-order valence-corrected chi connectivity index (χ1v) is 6.42. The third-order valence-corrected chi connectivity index (χ3v) is 3.96. The first-order chi connectivity index (χ1) is 10.6. The number of fused-ring (bicyclic) bond motifs is 1. The molecule has 2 heterocycles. The van der Waals surface area contributed by atoms with Crippen molar-refractivity contribution < 1.29 is 33.8 Å². The molecule has 4 bridgehead atoms. The minimum Gasteiger partial charge on any atom is -0.504 e. The Morgan fingerprint density at radius 1 is 0.818 bits per heavy atom. The summed E-state index contributed by atoms with van der Waals surface area (Å²) in [6.07, 6.45) is 0. The Labute approximate surface area is 122 Å². The fourth-order valence-corrected chi connectivity index (χ4v) is 3.02. The standard InChI is InChI=1S/C14H5BO7/c16-9-4-2-1-3-5-6(4)10(17)8-7(9)11(18)12(19)14-13(8)21-15(20-5)22-14/h1-3,18-19H. The molecule has 1 aliphatic carbocycles. The van der Waals surface area contributed by atoms with Gasteiger partial charge in [-0.2, -0.15) is 0 Å². The van der Waals surface area contributed by atoms with E-state index in [1.54, 1.807) is 6.07 Å².